The van der Waals surface area contributed by atoms with Crippen molar-refractivity contribution < 1.29 is 22.7 Å². The molecule has 25 heavy (non-hydrogen) atoms. The van der Waals surface area contributed by atoms with Crippen LogP contribution in [0.5, 0.6) is 0 Å². The molecule has 0 saturated carbocycles. The average molecular weight is 376 g/mol. The molecular formula is C16H12N2O5S2. The van der Waals surface area contributed by atoms with E-state index in [2.05, 4.69) is 4.74 Å². The fourth-order valence-corrected chi connectivity index (χ4v) is 4.16. The Hall–Kier alpha value is -2.96. The highest BCUT2D eigenvalue weighted by Gasteiger charge is 2.25. The van der Waals surface area contributed by atoms with Crippen LogP contribution in [0.3, 0.4) is 0 Å². The first-order valence-corrected chi connectivity index (χ1v) is 9.15. The molecule has 2 rings (SSSR count). The van der Waals surface area contributed by atoms with Gasteiger partial charge in [0.25, 0.3) is 15.9 Å². The molecule has 0 bridgehead atoms. The van der Waals surface area contributed by atoms with E-state index in [1.807, 2.05) is 10.8 Å². The summed E-state index contributed by atoms with van der Waals surface area (Å²) in [6.07, 6.45) is 2.33. The number of sulfonamides is 1. The SMILES string of the molecule is COC(=O)c1sccc1S(=O)(=O)NC(=O)C=Cc1ccccc1C#N. The Labute approximate surface area is 148 Å². The van der Waals surface area contributed by atoms with Gasteiger partial charge in [-0.25, -0.2) is 17.9 Å². The van der Waals surface area contributed by atoms with E-state index < -0.39 is 21.9 Å². The number of carbonyl (C=O) groups is 2. The van der Waals surface area contributed by atoms with Crippen LogP contribution in [0.25, 0.3) is 6.08 Å². The molecule has 9 heteroatoms. The summed E-state index contributed by atoms with van der Waals surface area (Å²) < 4.78 is 30.9. The van der Waals surface area contributed by atoms with Crippen LogP contribution < -0.4 is 4.72 Å². The number of amides is 1. The van der Waals surface area contributed by atoms with E-state index in [1.54, 1.807) is 24.3 Å². The van der Waals surface area contributed by atoms with Crippen LogP contribution >= 0.6 is 11.3 Å². The van der Waals surface area contributed by atoms with Crippen LogP contribution in [0, 0.1) is 11.3 Å². The van der Waals surface area contributed by atoms with Crippen LogP contribution in [0.2, 0.25) is 0 Å². The number of carbonyl (C=O) groups excluding carboxylic acids is 2. The molecule has 0 aliphatic carbocycles. The average Bonchev–Trinajstić information content (AvgIpc) is 3.10. The van der Waals surface area contributed by atoms with Gasteiger partial charge in [0.05, 0.1) is 18.7 Å². The van der Waals surface area contributed by atoms with Crippen molar-refractivity contribution in [3.63, 3.8) is 0 Å². The summed E-state index contributed by atoms with van der Waals surface area (Å²) in [5.74, 6) is -1.71. The third-order valence-electron chi connectivity index (χ3n) is 3.02. The monoisotopic (exact) mass is 376 g/mol. The molecule has 0 spiro atoms. The second kappa shape index (κ2) is 7.74. The van der Waals surface area contributed by atoms with Crippen LogP contribution in [0.1, 0.15) is 20.8 Å². The number of esters is 1. The zero-order valence-electron chi connectivity index (χ0n) is 12.9. The van der Waals surface area contributed by atoms with Gasteiger partial charge in [0.15, 0.2) is 0 Å². The number of thiophene rings is 1. The summed E-state index contributed by atoms with van der Waals surface area (Å²) in [6, 6.07) is 9.72. The number of methoxy groups -OCH3 is 1. The first-order valence-electron chi connectivity index (χ1n) is 6.79. The first-order chi connectivity index (χ1) is 11.9. The fourth-order valence-electron chi connectivity index (χ4n) is 1.88. The highest BCUT2D eigenvalue weighted by molar-refractivity contribution is 7.90. The summed E-state index contributed by atoms with van der Waals surface area (Å²) in [6.45, 7) is 0. The van der Waals surface area contributed by atoms with Crippen LogP contribution in [0.4, 0.5) is 0 Å². The number of benzene rings is 1. The van der Waals surface area contributed by atoms with Crippen molar-refractivity contribution in [2.24, 2.45) is 0 Å². The minimum Gasteiger partial charge on any atom is -0.465 e. The number of nitrogens with one attached hydrogen (secondary N) is 1. The predicted molar refractivity (Wildman–Crippen MR) is 91.2 cm³/mol. The maximum absolute atomic E-state index is 12.3. The molecule has 128 valence electrons. The fraction of sp³-hybridized carbons (Fsp3) is 0.0625. The molecular weight excluding hydrogens is 364 g/mol. The van der Waals surface area contributed by atoms with Gasteiger partial charge in [-0.15, -0.1) is 11.3 Å². The molecule has 1 aromatic heterocycles. The number of hydrogen-bond donors (Lipinski definition) is 1. The van der Waals surface area contributed by atoms with Gasteiger partial charge in [0.2, 0.25) is 0 Å². The molecule has 0 radical (unpaired) electrons. The molecule has 1 aromatic carbocycles. The van der Waals surface area contributed by atoms with Crippen LogP contribution in [0.15, 0.2) is 46.7 Å². The van der Waals surface area contributed by atoms with Crippen molar-refractivity contribution in [1.82, 2.24) is 4.72 Å². The molecule has 1 N–H and O–H groups in total. The highest BCUT2D eigenvalue weighted by atomic mass is 32.2. The molecule has 0 atom stereocenters. The lowest BCUT2D eigenvalue weighted by Crippen LogP contribution is -2.29. The molecule has 0 fully saturated rings. The van der Waals surface area contributed by atoms with Crippen molar-refractivity contribution in [2.45, 2.75) is 4.90 Å². The second-order valence-electron chi connectivity index (χ2n) is 4.61. The maximum Gasteiger partial charge on any atom is 0.349 e. The molecule has 2 aromatic rings. The normalized spacial score (nSPS) is 11.0. The number of rotatable bonds is 5. The third-order valence-corrected chi connectivity index (χ3v) is 5.43. The Bertz CT molecular complexity index is 984. The lowest BCUT2D eigenvalue weighted by molar-refractivity contribution is -0.114. The van der Waals surface area contributed by atoms with Gasteiger partial charge < -0.3 is 4.74 Å². The lowest BCUT2D eigenvalue weighted by Gasteiger charge is -2.05. The Morgan fingerprint density at radius 3 is 2.68 bits per heavy atom. The van der Waals surface area contributed by atoms with Crippen molar-refractivity contribution in [1.29, 1.82) is 5.26 Å². The van der Waals surface area contributed by atoms with E-state index in [0.717, 1.165) is 24.5 Å². The summed E-state index contributed by atoms with van der Waals surface area (Å²) in [5.41, 5.74) is 0.823. The molecule has 0 saturated heterocycles. The van der Waals surface area contributed by atoms with Gasteiger partial charge in [0.1, 0.15) is 9.77 Å². The molecule has 0 aliphatic rings. The van der Waals surface area contributed by atoms with Crippen molar-refractivity contribution in [3.8, 4) is 6.07 Å². The standard InChI is InChI=1S/C16H12N2O5S2/c1-23-16(20)15-13(8-9-24-15)25(21,22)18-14(19)7-6-11-4-2-3-5-12(11)10-17/h2-9H,1H3,(H,18,19). The molecule has 7 nitrogen and oxygen atoms in total. The summed E-state index contributed by atoms with van der Waals surface area (Å²) in [7, 11) is -3.10. The van der Waals surface area contributed by atoms with E-state index >= 15 is 0 Å². The zero-order chi connectivity index (χ0) is 18.4. The van der Waals surface area contributed by atoms with Gasteiger partial charge in [-0.2, -0.15) is 5.26 Å². The van der Waals surface area contributed by atoms with Gasteiger partial charge in [-0.3, -0.25) is 4.79 Å². The minimum atomic E-state index is -4.23. The Balaban J connectivity index is 2.20. The van der Waals surface area contributed by atoms with Crippen molar-refractivity contribution >= 4 is 39.3 Å². The quantitative estimate of drug-likeness (QED) is 0.630. The topological polar surface area (TPSA) is 113 Å². The number of nitrogens with zero attached hydrogens (tertiary/aromatic N) is 1. The van der Waals surface area contributed by atoms with Crippen LogP contribution in [-0.4, -0.2) is 27.4 Å². The molecule has 1 amide bonds. The van der Waals surface area contributed by atoms with Crippen molar-refractivity contribution in [3.05, 3.63) is 57.8 Å². The Morgan fingerprint density at radius 1 is 1.28 bits per heavy atom. The summed E-state index contributed by atoms with van der Waals surface area (Å²) in [4.78, 5) is 23.0. The van der Waals surface area contributed by atoms with E-state index in [4.69, 9.17) is 5.26 Å². The predicted octanol–water partition coefficient (Wildman–Crippen LogP) is 1.92. The zero-order valence-corrected chi connectivity index (χ0v) is 14.6. The minimum absolute atomic E-state index is 0.124. The lowest BCUT2D eigenvalue weighted by atomic mass is 10.1. The van der Waals surface area contributed by atoms with Crippen LogP contribution in [-0.2, 0) is 19.6 Å². The molecule has 0 aliphatic heterocycles. The van der Waals surface area contributed by atoms with Gasteiger partial charge in [-0.05, 0) is 29.2 Å². The largest absolute Gasteiger partial charge is 0.465 e. The first kappa shape index (κ1) is 18.4. The van der Waals surface area contributed by atoms with E-state index in [0.29, 0.717) is 11.1 Å². The van der Waals surface area contributed by atoms with Crippen molar-refractivity contribution in [2.75, 3.05) is 7.11 Å². The van der Waals surface area contributed by atoms with E-state index in [-0.39, 0.29) is 9.77 Å². The smallest absolute Gasteiger partial charge is 0.349 e. The molecule has 0 unspecified atom stereocenters. The highest BCUT2D eigenvalue weighted by Crippen LogP contribution is 2.22. The summed E-state index contributed by atoms with van der Waals surface area (Å²) in [5, 5.41) is 10.4. The van der Waals surface area contributed by atoms with E-state index in [9.17, 15) is 18.0 Å². The van der Waals surface area contributed by atoms with E-state index in [1.165, 1.54) is 17.5 Å². The number of hydrogen-bond acceptors (Lipinski definition) is 7. The Kier molecular flexibility index (Phi) is 5.69. The molecule has 1 heterocycles. The number of nitriles is 1. The second-order valence-corrected chi connectivity index (χ2v) is 7.17. The van der Waals surface area contributed by atoms with Gasteiger partial charge >= 0.3 is 5.97 Å². The Morgan fingerprint density at radius 2 is 2.00 bits per heavy atom. The van der Waals surface area contributed by atoms with Gasteiger partial charge in [-0.1, -0.05) is 18.2 Å². The third kappa shape index (κ3) is 4.32. The number of ether oxygens (including phenoxy) is 1. The maximum atomic E-state index is 12.3. The summed E-state index contributed by atoms with van der Waals surface area (Å²) >= 11 is 0.892. The van der Waals surface area contributed by atoms with Gasteiger partial charge in [0, 0.05) is 6.08 Å².